The van der Waals surface area contributed by atoms with Crippen molar-refractivity contribution >= 4 is 12.2 Å². The van der Waals surface area contributed by atoms with Crippen molar-refractivity contribution in [3.63, 3.8) is 0 Å². The molecule has 0 saturated heterocycles. The standard InChI is InChI=1S/C23H24N2O2/c24-18(16-26)14-17-15-25(23-9-5-4-8-22(17)23)19-10-12-21(13-11-19)27-20-6-2-1-3-7-20/h1-3,6-13,15,18,26H,4-5,14,16,24H2. The van der Waals surface area contributed by atoms with E-state index in [0.717, 1.165) is 30.0 Å². The third-order valence-electron chi connectivity index (χ3n) is 4.83. The molecule has 0 saturated carbocycles. The Labute approximate surface area is 158 Å². The van der Waals surface area contributed by atoms with Gasteiger partial charge in [0.2, 0.25) is 0 Å². The van der Waals surface area contributed by atoms with Crippen LogP contribution in [0.5, 0.6) is 11.5 Å². The maximum atomic E-state index is 9.31. The highest BCUT2D eigenvalue weighted by molar-refractivity contribution is 5.46. The Balaban J connectivity index is 1.66. The fraction of sp³-hybridized carbons (Fsp3) is 0.217. The average Bonchev–Trinajstić information content (AvgIpc) is 3.08. The Bertz CT molecular complexity index is 1020. The molecule has 1 aliphatic carbocycles. The Morgan fingerprint density at radius 2 is 1.67 bits per heavy atom. The van der Waals surface area contributed by atoms with Crippen LogP contribution in [-0.4, -0.2) is 22.3 Å². The molecule has 4 heteroatoms. The molecule has 1 atom stereocenters. The van der Waals surface area contributed by atoms with Gasteiger partial charge in [0, 0.05) is 23.3 Å². The smallest absolute Gasteiger partial charge is 0.127 e. The first-order chi connectivity index (χ1) is 13.2. The molecule has 0 bridgehead atoms. The highest BCUT2D eigenvalue weighted by atomic mass is 16.5. The van der Waals surface area contributed by atoms with Crippen LogP contribution < -0.4 is 21.0 Å². The van der Waals surface area contributed by atoms with E-state index >= 15 is 0 Å². The Kier molecular flexibility index (Phi) is 5.10. The summed E-state index contributed by atoms with van der Waals surface area (Å²) in [5, 5.41) is 11.8. The number of para-hydroxylation sites is 1. The van der Waals surface area contributed by atoms with Gasteiger partial charge >= 0.3 is 0 Å². The number of nitrogens with zero attached hydrogens (tertiary/aromatic N) is 1. The van der Waals surface area contributed by atoms with E-state index in [0.29, 0.717) is 6.42 Å². The van der Waals surface area contributed by atoms with E-state index in [1.165, 1.54) is 16.1 Å². The minimum atomic E-state index is -0.234. The number of aromatic nitrogens is 1. The third-order valence-corrected chi connectivity index (χ3v) is 4.83. The quantitative estimate of drug-likeness (QED) is 0.710. The zero-order valence-corrected chi connectivity index (χ0v) is 15.2. The van der Waals surface area contributed by atoms with Crippen molar-refractivity contribution in [1.29, 1.82) is 0 Å². The van der Waals surface area contributed by atoms with Crippen molar-refractivity contribution in [2.45, 2.75) is 25.3 Å². The summed E-state index contributed by atoms with van der Waals surface area (Å²) in [5.41, 5.74) is 8.25. The minimum absolute atomic E-state index is 0.00477. The molecule has 1 aromatic heterocycles. The summed E-state index contributed by atoms with van der Waals surface area (Å²) < 4.78 is 8.09. The largest absolute Gasteiger partial charge is 0.457 e. The van der Waals surface area contributed by atoms with Crippen LogP contribution in [0.4, 0.5) is 0 Å². The summed E-state index contributed by atoms with van der Waals surface area (Å²) in [6.07, 6.45) is 9.45. The lowest BCUT2D eigenvalue weighted by atomic mass is 10.1. The van der Waals surface area contributed by atoms with Crippen molar-refractivity contribution in [1.82, 2.24) is 4.57 Å². The van der Waals surface area contributed by atoms with Crippen molar-refractivity contribution < 1.29 is 9.84 Å². The third kappa shape index (κ3) is 3.82. The highest BCUT2D eigenvalue weighted by Crippen LogP contribution is 2.22. The van der Waals surface area contributed by atoms with Gasteiger partial charge in [-0.25, -0.2) is 0 Å². The van der Waals surface area contributed by atoms with E-state index in [9.17, 15) is 5.11 Å². The summed E-state index contributed by atoms with van der Waals surface area (Å²) in [7, 11) is 0. The minimum Gasteiger partial charge on any atom is -0.457 e. The number of ether oxygens (including phenoxy) is 1. The van der Waals surface area contributed by atoms with Crippen LogP contribution in [0.2, 0.25) is 0 Å². The normalized spacial score (nSPS) is 14.0. The van der Waals surface area contributed by atoms with Crippen LogP contribution in [0.25, 0.3) is 17.8 Å². The lowest BCUT2D eigenvalue weighted by Gasteiger charge is -2.08. The van der Waals surface area contributed by atoms with Crippen LogP contribution in [0.3, 0.4) is 0 Å². The fourth-order valence-corrected chi connectivity index (χ4v) is 3.50. The number of hydrogen-bond donors (Lipinski definition) is 2. The van der Waals surface area contributed by atoms with Gasteiger partial charge in [-0.3, -0.25) is 0 Å². The molecular formula is C23H24N2O2. The highest BCUT2D eigenvalue weighted by Gasteiger charge is 2.12. The van der Waals surface area contributed by atoms with E-state index in [1.807, 2.05) is 42.5 Å². The van der Waals surface area contributed by atoms with Gasteiger partial charge in [-0.15, -0.1) is 0 Å². The molecule has 4 rings (SSSR count). The topological polar surface area (TPSA) is 60.4 Å². The first kappa shape index (κ1) is 17.6. The number of aliphatic hydroxyl groups is 1. The lowest BCUT2D eigenvalue weighted by Crippen LogP contribution is -2.34. The molecule has 4 nitrogen and oxygen atoms in total. The number of benzene rings is 2. The second kappa shape index (κ2) is 7.82. The first-order valence-electron chi connectivity index (χ1n) is 9.35. The van der Waals surface area contributed by atoms with Gasteiger partial charge < -0.3 is 20.1 Å². The predicted molar refractivity (Wildman–Crippen MR) is 108 cm³/mol. The lowest BCUT2D eigenvalue weighted by molar-refractivity contribution is 0.265. The van der Waals surface area contributed by atoms with E-state index < -0.39 is 0 Å². The zero-order chi connectivity index (χ0) is 18.6. The molecule has 1 heterocycles. The maximum absolute atomic E-state index is 9.31. The number of rotatable bonds is 6. The Hall–Kier alpha value is -2.82. The van der Waals surface area contributed by atoms with Gasteiger partial charge in [-0.2, -0.15) is 0 Å². The van der Waals surface area contributed by atoms with E-state index in [-0.39, 0.29) is 12.6 Å². The van der Waals surface area contributed by atoms with Crippen molar-refractivity contribution in [3.8, 4) is 17.2 Å². The van der Waals surface area contributed by atoms with Gasteiger partial charge in [0.25, 0.3) is 0 Å². The van der Waals surface area contributed by atoms with Gasteiger partial charge in [-0.1, -0.05) is 30.4 Å². The SMILES string of the molecule is NC(CO)Cc1cn(-c2ccc(Oc3ccccc3)cc2)c2c1=CCCC=2. The van der Waals surface area contributed by atoms with E-state index in [1.54, 1.807) is 0 Å². The molecule has 0 amide bonds. The number of fused-ring (bicyclic) bond motifs is 1. The Morgan fingerprint density at radius 3 is 2.41 bits per heavy atom. The van der Waals surface area contributed by atoms with Crippen LogP contribution >= 0.6 is 0 Å². The van der Waals surface area contributed by atoms with Crippen LogP contribution in [-0.2, 0) is 6.42 Å². The van der Waals surface area contributed by atoms with Gasteiger partial charge in [0.15, 0.2) is 0 Å². The molecule has 0 spiro atoms. The van der Waals surface area contributed by atoms with Crippen molar-refractivity contribution in [2.75, 3.05) is 6.61 Å². The molecule has 138 valence electrons. The molecule has 27 heavy (non-hydrogen) atoms. The van der Waals surface area contributed by atoms with Gasteiger partial charge in [0.1, 0.15) is 11.5 Å². The van der Waals surface area contributed by atoms with Crippen LogP contribution in [0, 0.1) is 0 Å². The zero-order valence-electron chi connectivity index (χ0n) is 15.2. The predicted octanol–water partition coefficient (Wildman–Crippen LogP) is 2.49. The van der Waals surface area contributed by atoms with Crippen molar-refractivity contribution in [2.24, 2.45) is 5.73 Å². The molecule has 3 N–H and O–H groups in total. The monoisotopic (exact) mass is 360 g/mol. The summed E-state index contributed by atoms with van der Waals surface area (Å²) in [6.45, 7) is -0.00477. The Morgan fingerprint density at radius 1 is 0.963 bits per heavy atom. The molecule has 0 fully saturated rings. The number of hydrogen-bond acceptors (Lipinski definition) is 3. The van der Waals surface area contributed by atoms with Gasteiger partial charge in [0.05, 0.1) is 6.61 Å². The van der Waals surface area contributed by atoms with Gasteiger partial charge in [-0.05, 0) is 66.4 Å². The molecule has 2 aromatic carbocycles. The second-order valence-corrected chi connectivity index (χ2v) is 6.86. The average molecular weight is 360 g/mol. The molecule has 0 radical (unpaired) electrons. The summed E-state index contributed by atoms with van der Waals surface area (Å²) in [6, 6.07) is 17.6. The summed E-state index contributed by atoms with van der Waals surface area (Å²) in [5.74, 6) is 1.64. The molecule has 1 unspecified atom stereocenters. The summed E-state index contributed by atoms with van der Waals surface area (Å²) in [4.78, 5) is 0. The fourth-order valence-electron chi connectivity index (χ4n) is 3.50. The first-order valence-corrected chi connectivity index (χ1v) is 9.35. The number of aliphatic hydroxyl groups excluding tert-OH is 1. The van der Waals surface area contributed by atoms with E-state index in [4.69, 9.17) is 10.5 Å². The second-order valence-electron chi connectivity index (χ2n) is 6.86. The van der Waals surface area contributed by atoms with E-state index in [2.05, 4.69) is 35.0 Å². The maximum Gasteiger partial charge on any atom is 0.127 e. The van der Waals surface area contributed by atoms with Crippen molar-refractivity contribution in [3.05, 3.63) is 76.9 Å². The molecular weight excluding hydrogens is 336 g/mol. The molecule has 0 aliphatic heterocycles. The van der Waals surface area contributed by atoms with Crippen LogP contribution in [0.1, 0.15) is 18.4 Å². The van der Waals surface area contributed by atoms with Crippen LogP contribution in [0.15, 0.2) is 60.8 Å². The molecule has 3 aromatic rings. The molecule has 1 aliphatic rings. The number of nitrogens with two attached hydrogens (primary N) is 1. The summed E-state index contributed by atoms with van der Waals surface area (Å²) >= 11 is 0.